The number of carbonyl (C=O) groups is 1. The summed E-state index contributed by atoms with van der Waals surface area (Å²) in [6, 6.07) is 0. The van der Waals surface area contributed by atoms with E-state index in [1.165, 1.54) is 5.75 Å². The van der Waals surface area contributed by atoms with E-state index in [1.807, 2.05) is 37.4 Å². The van der Waals surface area contributed by atoms with Crippen LogP contribution in [0, 0.1) is 0 Å². The van der Waals surface area contributed by atoms with Crippen molar-refractivity contribution < 1.29 is 9.53 Å². The summed E-state index contributed by atoms with van der Waals surface area (Å²) in [5, 5.41) is 0.670. The standard InChI is InChI=1S/C12H22O2S2/c1-9-11(16-8-7-15-9)10(13)5-6-12(2,3)14-4/h9,11H,5-8H2,1-4H3. The molecule has 2 nitrogen and oxygen atoms in total. The van der Waals surface area contributed by atoms with Crippen LogP contribution in [0.3, 0.4) is 0 Å². The average Bonchev–Trinajstić information content (AvgIpc) is 2.27. The number of hydrogen-bond donors (Lipinski definition) is 0. The molecule has 1 rings (SSSR count). The summed E-state index contributed by atoms with van der Waals surface area (Å²) in [6.45, 7) is 6.24. The number of thioether (sulfide) groups is 2. The van der Waals surface area contributed by atoms with E-state index in [1.54, 1.807) is 7.11 Å². The van der Waals surface area contributed by atoms with Crippen molar-refractivity contribution in [1.29, 1.82) is 0 Å². The molecular formula is C12H22O2S2. The normalized spacial score (nSPS) is 26.8. The lowest BCUT2D eigenvalue weighted by molar-refractivity contribution is -0.119. The number of ether oxygens (including phenoxy) is 1. The molecule has 1 aliphatic rings. The first-order valence-corrected chi connectivity index (χ1v) is 7.87. The largest absolute Gasteiger partial charge is 0.379 e. The van der Waals surface area contributed by atoms with Crippen LogP contribution in [0.15, 0.2) is 0 Å². The summed E-state index contributed by atoms with van der Waals surface area (Å²) in [5.41, 5.74) is -0.175. The highest BCUT2D eigenvalue weighted by Gasteiger charge is 2.29. The first-order valence-electron chi connectivity index (χ1n) is 5.77. The molecule has 1 aliphatic heterocycles. The quantitative estimate of drug-likeness (QED) is 0.761. The van der Waals surface area contributed by atoms with E-state index < -0.39 is 0 Å². The average molecular weight is 262 g/mol. The zero-order chi connectivity index (χ0) is 12.2. The molecule has 16 heavy (non-hydrogen) atoms. The van der Waals surface area contributed by atoms with E-state index in [9.17, 15) is 4.79 Å². The molecule has 0 aliphatic carbocycles. The number of methoxy groups -OCH3 is 1. The minimum atomic E-state index is -0.175. The third-order valence-electron chi connectivity index (χ3n) is 3.03. The molecule has 0 aromatic heterocycles. The van der Waals surface area contributed by atoms with Crippen molar-refractivity contribution in [2.75, 3.05) is 18.6 Å². The van der Waals surface area contributed by atoms with Crippen molar-refractivity contribution in [3.8, 4) is 0 Å². The summed E-state index contributed by atoms with van der Waals surface area (Å²) in [6.07, 6.45) is 1.46. The molecule has 1 saturated heterocycles. The van der Waals surface area contributed by atoms with Gasteiger partial charge in [-0.1, -0.05) is 6.92 Å². The summed E-state index contributed by atoms with van der Waals surface area (Å²) >= 11 is 3.75. The van der Waals surface area contributed by atoms with Gasteiger partial charge in [0.1, 0.15) is 5.78 Å². The Kier molecular flexibility index (Phi) is 5.68. The van der Waals surface area contributed by atoms with Gasteiger partial charge in [-0.3, -0.25) is 4.79 Å². The lowest BCUT2D eigenvalue weighted by Crippen LogP contribution is -2.33. The second-order valence-electron chi connectivity index (χ2n) is 4.80. The van der Waals surface area contributed by atoms with Gasteiger partial charge in [-0.05, 0) is 20.3 Å². The number of ketones is 1. The van der Waals surface area contributed by atoms with Crippen LogP contribution in [0.4, 0.5) is 0 Å². The fourth-order valence-electron chi connectivity index (χ4n) is 1.66. The van der Waals surface area contributed by atoms with E-state index >= 15 is 0 Å². The van der Waals surface area contributed by atoms with Gasteiger partial charge >= 0.3 is 0 Å². The van der Waals surface area contributed by atoms with Crippen LogP contribution < -0.4 is 0 Å². The van der Waals surface area contributed by atoms with E-state index in [-0.39, 0.29) is 10.9 Å². The van der Waals surface area contributed by atoms with Gasteiger partial charge in [0.2, 0.25) is 0 Å². The van der Waals surface area contributed by atoms with Crippen LogP contribution >= 0.6 is 23.5 Å². The molecule has 0 amide bonds. The molecule has 0 saturated carbocycles. The Labute approximate surface area is 107 Å². The van der Waals surface area contributed by atoms with Crippen molar-refractivity contribution in [3.05, 3.63) is 0 Å². The van der Waals surface area contributed by atoms with Gasteiger partial charge in [0, 0.05) is 30.3 Å². The minimum absolute atomic E-state index is 0.175. The molecule has 2 unspecified atom stereocenters. The molecule has 0 bridgehead atoms. The SMILES string of the molecule is COC(C)(C)CCC(=O)C1SCCSC1C. The van der Waals surface area contributed by atoms with Crippen LogP contribution in [0.1, 0.15) is 33.6 Å². The first-order chi connectivity index (χ1) is 7.46. The van der Waals surface area contributed by atoms with E-state index in [2.05, 4.69) is 6.92 Å². The highest BCUT2D eigenvalue weighted by atomic mass is 32.2. The maximum Gasteiger partial charge on any atom is 0.147 e. The molecule has 2 atom stereocenters. The molecule has 94 valence electrons. The molecule has 0 radical (unpaired) electrons. The summed E-state index contributed by atoms with van der Waals surface area (Å²) in [4.78, 5) is 12.1. The molecule has 4 heteroatoms. The lowest BCUT2D eigenvalue weighted by Gasteiger charge is -2.28. The zero-order valence-corrected chi connectivity index (χ0v) is 12.2. The number of Topliss-reactive ketones (excluding diaryl/α,β-unsaturated/α-hetero) is 1. The van der Waals surface area contributed by atoms with E-state index in [0.29, 0.717) is 17.5 Å². The van der Waals surface area contributed by atoms with Crippen LogP contribution in [-0.4, -0.2) is 40.5 Å². The lowest BCUT2D eigenvalue weighted by atomic mass is 9.99. The van der Waals surface area contributed by atoms with Crippen molar-refractivity contribution in [3.63, 3.8) is 0 Å². The van der Waals surface area contributed by atoms with E-state index in [4.69, 9.17) is 4.74 Å². The molecule has 0 spiro atoms. The summed E-state index contributed by atoms with van der Waals surface area (Å²) < 4.78 is 5.34. The third-order valence-corrected chi connectivity index (χ3v) is 6.17. The molecule has 0 aromatic carbocycles. The summed E-state index contributed by atoms with van der Waals surface area (Å²) in [7, 11) is 1.71. The maximum atomic E-state index is 12.1. The third kappa shape index (κ3) is 4.30. The highest BCUT2D eigenvalue weighted by molar-refractivity contribution is 8.07. The van der Waals surface area contributed by atoms with Crippen molar-refractivity contribution in [2.45, 2.75) is 49.7 Å². The number of carbonyl (C=O) groups excluding carboxylic acids is 1. The predicted octanol–water partition coefficient (Wildman–Crippen LogP) is 3.00. The van der Waals surface area contributed by atoms with E-state index in [0.717, 1.165) is 12.2 Å². The van der Waals surface area contributed by atoms with Crippen LogP contribution in [-0.2, 0) is 9.53 Å². The fraction of sp³-hybridized carbons (Fsp3) is 0.917. The Hall–Kier alpha value is 0.330. The second kappa shape index (κ2) is 6.31. The molecule has 0 aromatic rings. The smallest absolute Gasteiger partial charge is 0.147 e. The predicted molar refractivity (Wildman–Crippen MR) is 73.5 cm³/mol. The van der Waals surface area contributed by atoms with Crippen LogP contribution in [0.2, 0.25) is 0 Å². The van der Waals surface area contributed by atoms with Gasteiger partial charge in [-0.15, -0.1) is 11.8 Å². The van der Waals surface area contributed by atoms with Crippen molar-refractivity contribution >= 4 is 29.3 Å². The maximum absolute atomic E-state index is 12.1. The Bertz CT molecular complexity index is 241. The van der Waals surface area contributed by atoms with Gasteiger partial charge in [-0.25, -0.2) is 0 Å². The number of hydrogen-bond acceptors (Lipinski definition) is 4. The summed E-state index contributed by atoms with van der Waals surface area (Å²) in [5.74, 6) is 2.69. The topological polar surface area (TPSA) is 26.3 Å². The zero-order valence-electron chi connectivity index (χ0n) is 10.6. The second-order valence-corrected chi connectivity index (χ2v) is 7.53. The Morgan fingerprint density at radius 1 is 1.38 bits per heavy atom. The minimum Gasteiger partial charge on any atom is -0.379 e. The highest BCUT2D eigenvalue weighted by Crippen LogP contribution is 2.32. The first kappa shape index (κ1) is 14.4. The van der Waals surface area contributed by atoms with Gasteiger partial charge in [-0.2, -0.15) is 11.8 Å². The van der Waals surface area contributed by atoms with Gasteiger partial charge < -0.3 is 4.74 Å². The molecule has 0 N–H and O–H groups in total. The molecule has 1 fully saturated rings. The molecule has 1 heterocycles. The Morgan fingerprint density at radius 3 is 2.56 bits per heavy atom. The van der Waals surface area contributed by atoms with Gasteiger partial charge in [0.05, 0.1) is 10.9 Å². The Balaban J connectivity index is 2.39. The number of rotatable bonds is 5. The molecular weight excluding hydrogens is 240 g/mol. The van der Waals surface area contributed by atoms with Crippen molar-refractivity contribution in [1.82, 2.24) is 0 Å². The van der Waals surface area contributed by atoms with Crippen LogP contribution in [0.5, 0.6) is 0 Å². The van der Waals surface area contributed by atoms with Crippen molar-refractivity contribution in [2.24, 2.45) is 0 Å². The van der Waals surface area contributed by atoms with Gasteiger partial charge in [0.15, 0.2) is 0 Å². The monoisotopic (exact) mass is 262 g/mol. The van der Waals surface area contributed by atoms with Gasteiger partial charge in [0.25, 0.3) is 0 Å². The van der Waals surface area contributed by atoms with Crippen LogP contribution in [0.25, 0.3) is 0 Å². The Morgan fingerprint density at radius 2 is 2.00 bits per heavy atom. The fourth-order valence-corrected chi connectivity index (χ4v) is 4.42.